The first-order chi connectivity index (χ1) is 6.21. The quantitative estimate of drug-likeness (QED) is 0.548. The van der Waals surface area contributed by atoms with Crippen molar-refractivity contribution >= 4 is 7.82 Å². The monoisotopic (exact) mass is 236 g/mol. The summed E-state index contributed by atoms with van der Waals surface area (Å²) in [6, 6.07) is 0. The van der Waals surface area contributed by atoms with Crippen LogP contribution in [0.4, 0.5) is 13.2 Å². The molecule has 0 aromatic carbocycles. The van der Waals surface area contributed by atoms with Crippen LogP contribution >= 0.6 is 7.82 Å². The maximum Gasteiger partial charge on any atom is 0.469 e. The molecule has 0 fully saturated rings. The molecule has 0 atom stereocenters. The van der Waals surface area contributed by atoms with Gasteiger partial charge in [-0.05, 0) is 12.8 Å². The summed E-state index contributed by atoms with van der Waals surface area (Å²) >= 11 is 0. The van der Waals surface area contributed by atoms with E-state index in [-0.39, 0.29) is 25.9 Å². The van der Waals surface area contributed by atoms with Gasteiger partial charge in [0, 0.05) is 6.42 Å². The molecule has 4 nitrogen and oxygen atoms in total. The maximum absolute atomic E-state index is 11.6. The highest BCUT2D eigenvalue weighted by atomic mass is 31.2. The van der Waals surface area contributed by atoms with E-state index in [2.05, 4.69) is 4.52 Å². The Balaban J connectivity index is 3.28. The summed E-state index contributed by atoms with van der Waals surface area (Å²) in [5.74, 6) is 0. The van der Waals surface area contributed by atoms with Crippen molar-refractivity contribution in [3.8, 4) is 0 Å². The summed E-state index contributed by atoms with van der Waals surface area (Å²) in [6.07, 6.45) is -4.64. The third-order valence-electron chi connectivity index (χ3n) is 1.36. The highest BCUT2D eigenvalue weighted by molar-refractivity contribution is 7.46. The second-order valence-corrected chi connectivity index (χ2v) is 3.99. The van der Waals surface area contributed by atoms with Gasteiger partial charge in [0.2, 0.25) is 0 Å². The van der Waals surface area contributed by atoms with E-state index < -0.39 is 20.4 Å². The summed E-state index contributed by atoms with van der Waals surface area (Å²) in [5, 5.41) is 0. The molecule has 0 aromatic rings. The molecule has 0 aliphatic carbocycles. The molecule has 0 unspecified atom stereocenters. The second-order valence-electron chi connectivity index (χ2n) is 2.75. The van der Waals surface area contributed by atoms with Crippen molar-refractivity contribution < 1.29 is 32.0 Å². The lowest BCUT2D eigenvalue weighted by Crippen LogP contribution is -2.06. The Hall–Kier alpha value is -0.100. The van der Waals surface area contributed by atoms with Gasteiger partial charge in [0.15, 0.2) is 0 Å². The molecular weight excluding hydrogens is 224 g/mol. The lowest BCUT2D eigenvalue weighted by atomic mass is 10.2. The van der Waals surface area contributed by atoms with E-state index in [0.717, 1.165) is 0 Å². The number of hydrogen-bond donors (Lipinski definition) is 2. The third kappa shape index (κ3) is 11.9. The number of alkyl halides is 3. The molecule has 86 valence electrons. The van der Waals surface area contributed by atoms with Gasteiger partial charge in [-0.3, -0.25) is 4.52 Å². The van der Waals surface area contributed by atoms with E-state index in [1.807, 2.05) is 0 Å². The van der Waals surface area contributed by atoms with Crippen LogP contribution in [0.3, 0.4) is 0 Å². The average Bonchev–Trinajstić information content (AvgIpc) is 1.92. The Morgan fingerprint density at radius 1 is 1.14 bits per heavy atom. The zero-order valence-corrected chi connectivity index (χ0v) is 8.22. The van der Waals surface area contributed by atoms with Gasteiger partial charge >= 0.3 is 14.0 Å². The fraction of sp³-hybridized carbons (Fsp3) is 1.00. The average molecular weight is 236 g/mol. The van der Waals surface area contributed by atoms with Gasteiger partial charge in [0.1, 0.15) is 0 Å². The molecule has 8 heteroatoms. The molecule has 0 saturated heterocycles. The van der Waals surface area contributed by atoms with Crippen LogP contribution in [0.25, 0.3) is 0 Å². The smallest absolute Gasteiger partial charge is 0.303 e. The molecule has 0 spiro atoms. The van der Waals surface area contributed by atoms with Crippen LogP contribution in [-0.2, 0) is 9.09 Å². The van der Waals surface area contributed by atoms with Crippen molar-refractivity contribution in [3.05, 3.63) is 0 Å². The van der Waals surface area contributed by atoms with E-state index in [0.29, 0.717) is 0 Å². The first-order valence-electron chi connectivity index (χ1n) is 3.97. The van der Waals surface area contributed by atoms with Crippen LogP contribution in [-0.4, -0.2) is 22.6 Å². The summed E-state index contributed by atoms with van der Waals surface area (Å²) in [4.78, 5) is 16.4. The Labute approximate surface area is 79.3 Å². The zero-order valence-electron chi connectivity index (χ0n) is 7.33. The van der Waals surface area contributed by atoms with Crippen LogP contribution < -0.4 is 0 Å². The zero-order chi connectivity index (χ0) is 11.2. The van der Waals surface area contributed by atoms with Gasteiger partial charge in [-0.25, -0.2) is 4.57 Å². The first kappa shape index (κ1) is 13.9. The predicted octanol–water partition coefficient (Wildman–Crippen LogP) is 2.22. The van der Waals surface area contributed by atoms with Crippen molar-refractivity contribution in [1.82, 2.24) is 0 Å². The van der Waals surface area contributed by atoms with Gasteiger partial charge in [0.05, 0.1) is 6.61 Å². The number of phosphoric acid groups is 1. The van der Waals surface area contributed by atoms with E-state index in [9.17, 15) is 17.7 Å². The normalized spacial score (nSPS) is 13.2. The molecule has 0 aliphatic rings. The molecule has 0 rings (SSSR count). The Morgan fingerprint density at radius 3 is 2.14 bits per heavy atom. The minimum atomic E-state index is -4.47. The van der Waals surface area contributed by atoms with Crippen LogP contribution in [0, 0.1) is 0 Å². The van der Waals surface area contributed by atoms with Gasteiger partial charge in [-0.15, -0.1) is 0 Å². The largest absolute Gasteiger partial charge is 0.469 e. The van der Waals surface area contributed by atoms with E-state index in [1.165, 1.54) is 0 Å². The molecule has 0 aliphatic heterocycles. The van der Waals surface area contributed by atoms with Crippen molar-refractivity contribution in [2.75, 3.05) is 6.61 Å². The van der Waals surface area contributed by atoms with Crippen LogP contribution in [0.2, 0.25) is 0 Å². The fourth-order valence-corrected chi connectivity index (χ4v) is 1.15. The van der Waals surface area contributed by atoms with E-state index in [4.69, 9.17) is 9.79 Å². The highest BCUT2D eigenvalue weighted by Gasteiger charge is 2.25. The molecule has 0 bridgehead atoms. The van der Waals surface area contributed by atoms with Crippen LogP contribution in [0.1, 0.15) is 25.7 Å². The second kappa shape index (κ2) is 5.70. The number of hydrogen-bond acceptors (Lipinski definition) is 2. The molecule has 2 N–H and O–H groups in total. The standard InChI is InChI=1S/C6H12F3O4P/c7-6(8,9)4-2-1-3-5-13-14(10,11)12/h1-5H2,(H2,10,11,12). The maximum atomic E-state index is 11.6. The predicted molar refractivity (Wildman–Crippen MR) is 42.5 cm³/mol. The molecule has 0 amide bonds. The lowest BCUT2D eigenvalue weighted by molar-refractivity contribution is -0.135. The highest BCUT2D eigenvalue weighted by Crippen LogP contribution is 2.35. The molecule has 0 aromatic heterocycles. The molecular formula is C6H12F3O4P. The molecule has 0 saturated carbocycles. The minimum Gasteiger partial charge on any atom is -0.303 e. The summed E-state index contributed by atoms with van der Waals surface area (Å²) in [5.41, 5.74) is 0. The Kier molecular flexibility index (Phi) is 5.66. The van der Waals surface area contributed by atoms with Crippen molar-refractivity contribution in [3.63, 3.8) is 0 Å². The van der Waals surface area contributed by atoms with Gasteiger partial charge in [-0.2, -0.15) is 13.2 Å². The number of rotatable bonds is 6. The number of unbranched alkanes of at least 4 members (excludes halogenated alkanes) is 2. The number of phosphoric ester groups is 1. The van der Waals surface area contributed by atoms with Crippen molar-refractivity contribution in [2.24, 2.45) is 0 Å². The third-order valence-corrected chi connectivity index (χ3v) is 1.88. The fourth-order valence-electron chi connectivity index (χ4n) is 0.788. The first-order valence-corrected chi connectivity index (χ1v) is 5.50. The summed E-state index contributed by atoms with van der Waals surface area (Å²) < 4.78 is 49.0. The Morgan fingerprint density at radius 2 is 1.71 bits per heavy atom. The van der Waals surface area contributed by atoms with Crippen molar-refractivity contribution in [1.29, 1.82) is 0 Å². The van der Waals surface area contributed by atoms with E-state index >= 15 is 0 Å². The minimum absolute atomic E-state index is 0.0476. The SMILES string of the molecule is O=P(O)(O)OCCCCCC(F)(F)F. The summed E-state index contributed by atoms with van der Waals surface area (Å²) in [7, 11) is -4.47. The molecule has 0 radical (unpaired) electrons. The molecule has 0 heterocycles. The van der Waals surface area contributed by atoms with Gasteiger partial charge < -0.3 is 9.79 Å². The Bertz CT molecular complexity index is 200. The topological polar surface area (TPSA) is 66.8 Å². The van der Waals surface area contributed by atoms with Crippen molar-refractivity contribution in [2.45, 2.75) is 31.9 Å². The van der Waals surface area contributed by atoms with Gasteiger partial charge in [-0.1, -0.05) is 6.42 Å². The van der Waals surface area contributed by atoms with Gasteiger partial charge in [0.25, 0.3) is 0 Å². The molecule has 14 heavy (non-hydrogen) atoms. The van der Waals surface area contributed by atoms with Crippen LogP contribution in [0.5, 0.6) is 0 Å². The lowest BCUT2D eigenvalue weighted by Gasteiger charge is -2.06. The van der Waals surface area contributed by atoms with E-state index in [1.54, 1.807) is 0 Å². The van der Waals surface area contributed by atoms with Crippen LogP contribution in [0.15, 0.2) is 0 Å². The summed E-state index contributed by atoms with van der Waals surface area (Å²) in [6.45, 7) is -0.220. The number of halogens is 3.